The van der Waals surface area contributed by atoms with Crippen LogP contribution in [-0.4, -0.2) is 6.36 Å². The molecule has 0 aliphatic carbocycles. The molecule has 0 saturated carbocycles. The van der Waals surface area contributed by atoms with E-state index in [4.69, 9.17) is 0 Å². The third kappa shape index (κ3) is 4.10. The Kier molecular flexibility index (Phi) is 3.90. The molecule has 0 amide bonds. The molecule has 0 aromatic carbocycles. The lowest BCUT2D eigenvalue weighted by atomic mass is 10.5. The minimum atomic E-state index is -5.63. The van der Waals surface area contributed by atoms with Gasteiger partial charge in [0.2, 0.25) is 11.7 Å². The second-order valence-electron chi connectivity index (χ2n) is 1.71. The van der Waals surface area contributed by atoms with Crippen LogP contribution < -0.4 is 0 Å². The molecule has 0 rings (SSSR count). The van der Waals surface area contributed by atoms with Crippen LogP contribution in [0.15, 0.2) is 23.7 Å². The topological polar surface area (TPSA) is 9.23 Å². The summed E-state index contributed by atoms with van der Waals surface area (Å²) in [6, 6.07) is -3.12. The summed E-state index contributed by atoms with van der Waals surface area (Å²) in [6.45, 7) is 0. The summed E-state index contributed by atoms with van der Waals surface area (Å²) in [5, 5.41) is 0. The Morgan fingerprint density at radius 3 is 1.50 bits per heavy atom. The molecule has 0 aliphatic rings. The van der Waals surface area contributed by atoms with Crippen LogP contribution in [0.5, 0.6) is 0 Å². The summed E-state index contributed by atoms with van der Waals surface area (Å²) in [4.78, 5) is 0. The molecule has 0 atom stereocenters. The normalized spacial score (nSPS) is 13.4. The highest BCUT2D eigenvalue weighted by Crippen LogP contribution is 2.29. The third-order valence-electron chi connectivity index (χ3n) is 0.737. The summed E-state index contributed by atoms with van der Waals surface area (Å²) in [5.41, 5.74) is 0. The Hall–Kier alpha value is -1.28. The van der Waals surface area contributed by atoms with Crippen molar-refractivity contribution in [2.45, 2.75) is 6.36 Å². The molecule has 14 heavy (non-hydrogen) atoms. The van der Waals surface area contributed by atoms with Crippen LogP contribution in [0.3, 0.4) is 0 Å². The molecule has 0 aliphatic heterocycles. The van der Waals surface area contributed by atoms with Gasteiger partial charge < -0.3 is 4.74 Å². The van der Waals surface area contributed by atoms with Crippen molar-refractivity contribution in [1.82, 2.24) is 0 Å². The molecule has 0 fully saturated rings. The van der Waals surface area contributed by atoms with E-state index in [0.29, 0.717) is 0 Å². The van der Waals surface area contributed by atoms with Gasteiger partial charge in [-0.15, -0.1) is 13.2 Å². The predicted octanol–water partition coefficient (Wildman–Crippen LogP) is 3.71. The minimum absolute atomic E-state index is 2.20. The van der Waals surface area contributed by atoms with Gasteiger partial charge in [-0.2, -0.15) is 22.0 Å². The number of allylic oxidation sites excluding steroid dienone is 2. The van der Waals surface area contributed by atoms with Crippen LogP contribution in [0.2, 0.25) is 0 Å². The predicted molar refractivity (Wildman–Crippen MR) is 26.7 cm³/mol. The molecule has 0 saturated heterocycles. The van der Waals surface area contributed by atoms with Gasteiger partial charge in [-0.05, 0) is 0 Å². The molecular formula is C5F8O. The van der Waals surface area contributed by atoms with Crippen molar-refractivity contribution in [2.24, 2.45) is 0 Å². The van der Waals surface area contributed by atoms with Gasteiger partial charge in [0.1, 0.15) is 0 Å². The zero-order valence-corrected chi connectivity index (χ0v) is 5.93. The number of hydrogen-bond acceptors (Lipinski definition) is 1. The lowest BCUT2D eigenvalue weighted by Gasteiger charge is -2.05. The molecule has 0 unspecified atom stereocenters. The molecule has 0 aromatic heterocycles. The first kappa shape index (κ1) is 12.7. The first-order valence-electron chi connectivity index (χ1n) is 2.67. The Morgan fingerprint density at radius 2 is 1.21 bits per heavy atom. The van der Waals surface area contributed by atoms with Gasteiger partial charge in [0.05, 0.1) is 0 Å². The second-order valence-corrected chi connectivity index (χ2v) is 1.71. The summed E-state index contributed by atoms with van der Waals surface area (Å²) in [5.74, 6) is -6.10. The fourth-order valence-electron chi connectivity index (χ4n) is 0.316. The van der Waals surface area contributed by atoms with Crippen molar-refractivity contribution in [1.29, 1.82) is 0 Å². The lowest BCUT2D eigenvalue weighted by molar-refractivity contribution is -0.314. The molecular weight excluding hydrogens is 228 g/mol. The van der Waals surface area contributed by atoms with Crippen molar-refractivity contribution in [3.8, 4) is 0 Å². The largest absolute Gasteiger partial charge is 0.574 e. The lowest BCUT2D eigenvalue weighted by Crippen LogP contribution is -2.12. The summed E-state index contributed by atoms with van der Waals surface area (Å²) < 4.78 is 93.6. The molecule has 0 spiro atoms. The smallest absolute Gasteiger partial charge is 0.376 e. The maximum absolute atomic E-state index is 11.9. The average Bonchev–Trinajstić information content (AvgIpc) is 1.98. The number of hydrogen-bond donors (Lipinski definition) is 0. The second kappa shape index (κ2) is 4.29. The Balaban J connectivity index is 4.87. The number of alkyl halides is 3. The Morgan fingerprint density at radius 1 is 0.786 bits per heavy atom. The minimum Gasteiger partial charge on any atom is -0.376 e. The third-order valence-corrected chi connectivity index (χ3v) is 0.737. The van der Waals surface area contributed by atoms with Crippen LogP contribution in [0.1, 0.15) is 0 Å². The fourth-order valence-corrected chi connectivity index (χ4v) is 0.316. The van der Waals surface area contributed by atoms with E-state index in [0.717, 1.165) is 0 Å². The first-order chi connectivity index (χ1) is 6.15. The highest BCUT2D eigenvalue weighted by Gasteiger charge is 2.35. The maximum atomic E-state index is 11.9. The van der Waals surface area contributed by atoms with Crippen molar-refractivity contribution in [3.05, 3.63) is 23.7 Å². The Labute approximate surface area is 71.3 Å². The number of rotatable bonds is 2. The van der Waals surface area contributed by atoms with E-state index in [2.05, 4.69) is 4.74 Å². The van der Waals surface area contributed by atoms with E-state index in [9.17, 15) is 35.1 Å². The van der Waals surface area contributed by atoms with Crippen LogP contribution in [0.25, 0.3) is 0 Å². The van der Waals surface area contributed by atoms with E-state index in [1.807, 2.05) is 0 Å². The van der Waals surface area contributed by atoms with E-state index >= 15 is 0 Å². The van der Waals surface area contributed by atoms with Gasteiger partial charge in [0.15, 0.2) is 0 Å². The SMILES string of the molecule is FC(F)=C(F)/C(F)=C(/F)OC(F)(F)F. The molecule has 0 N–H and O–H groups in total. The summed E-state index contributed by atoms with van der Waals surface area (Å²) in [6.07, 6.45) is -8.93. The average molecular weight is 228 g/mol. The van der Waals surface area contributed by atoms with Gasteiger partial charge in [0.25, 0.3) is 0 Å². The summed E-state index contributed by atoms with van der Waals surface area (Å²) in [7, 11) is 0. The van der Waals surface area contributed by atoms with Gasteiger partial charge >= 0.3 is 18.5 Å². The molecule has 0 bridgehead atoms. The van der Waals surface area contributed by atoms with E-state index in [-0.39, 0.29) is 0 Å². The van der Waals surface area contributed by atoms with Crippen molar-refractivity contribution in [2.75, 3.05) is 0 Å². The molecule has 82 valence electrons. The molecule has 0 radical (unpaired) electrons. The quantitative estimate of drug-likeness (QED) is 0.397. The van der Waals surface area contributed by atoms with Crippen LogP contribution in [0, 0.1) is 0 Å². The highest BCUT2D eigenvalue weighted by molar-refractivity contribution is 5.19. The van der Waals surface area contributed by atoms with Crippen molar-refractivity contribution in [3.63, 3.8) is 0 Å². The van der Waals surface area contributed by atoms with Gasteiger partial charge in [-0.1, -0.05) is 0 Å². The molecule has 0 heterocycles. The zero-order valence-electron chi connectivity index (χ0n) is 5.93. The van der Waals surface area contributed by atoms with Crippen LogP contribution >= 0.6 is 0 Å². The van der Waals surface area contributed by atoms with Gasteiger partial charge in [-0.3, -0.25) is 0 Å². The number of halogens is 8. The molecule has 0 aromatic rings. The Bertz CT molecular complexity index is 270. The first-order valence-corrected chi connectivity index (χ1v) is 2.67. The van der Waals surface area contributed by atoms with E-state index in [1.54, 1.807) is 0 Å². The van der Waals surface area contributed by atoms with Crippen molar-refractivity contribution >= 4 is 0 Å². The van der Waals surface area contributed by atoms with Crippen LogP contribution in [-0.2, 0) is 4.74 Å². The molecule has 9 heteroatoms. The number of ether oxygens (including phenoxy) is 1. The van der Waals surface area contributed by atoms with Gasteiger partial charge in [-0.25, -0.2) is 0 Å². The van der Waals surface area contributed by atoms with Crippen LogP contribution in [0.4, 0.5) is 35.1 Å². The van der Waals surface area contributed by atoms with E-state index in [1.165, 1.54) is 0 Å². The monoisotopic (exact) mass is 228 g/mol. The highest BCUT2D eigenvalue weighted by atomic mass is 19.4. The van der Waals surface area contributed by atoms with Gasteiger partial charge in [0, 0.05) is 0 Å². The molecule has 1 nitrogen and oxygen atoms in total. The van der Waals surface area contributed by atoms with Crippen molar-refractivity contribution < 1.29 is 39.9 Å². The fraction of sp³-hybridized carbons (Fsp3) is 0.200. The summed E-state index contributed by atoms with van der Waals surface area (Å²) >= 11 is 0. The zero-order chi connectivity index (χ0) is 11.5. The maximum Gasteiger partial charge on any atom is 0.574 e. The van der Waals surface area contributed by atoms with E-state index < -0.39 is 30.1 Å². The standard InChI is InChI=1S/C5F8O/c6-1(3(8)9)2(7)4(10)14-5(11,12)13/b4-2+.